The lowest BCUT2D eigenvalue weighted by atomic mass is 9.91. The fourth-order valence-corrected chi connectivity index (χ4v) is 5.21. The van der Waals surface area contributed by atoms with Crippen molar-refractivity contribution >= 4 is 5.97 Å². The van der Waals surface area contributed by atoms with Crippen molar-refractivity contribution < 1.29 is 42.4 Å². The van der Waals surface area contributed by atoms with Gasteiger partial charge in [0.05, 0.1) is 24.2 Å². The number of alkyl halides is 3. The van der Waals surface area contributed by atoms with Crippen LogP contribution in [0, 0.1) is 0 Å². The molecule has 2 atom stereocenters. The number of carboxylic acid groups (broad SMARTS) is 1. The topological polar surface area (TPSA) is 85.2 Å². The number of ether oxygens (including phenoxy) is 3. The van der Waals surface area contributed by atoms with Crippen LogP contribution in [-0.2, 0) is 17.4 Å². The Balaban J connectivity index is 1.42. The molecule has 2 N–H and O–H groups in total. The molecule has 1 heterocycles. The van der Waals surface area contributed by atoms with Gasteiger partial charge in [0, 0.05) is 17.5 Å². The average Bonchev–Trinajstić information content (AvgIpc) is 3.45. The highest BCUT2D eigenvalue weighted by molar-refractivity contribution is 5.75. The van der Waals surface area contributed by atoms with Crippen molar-refractivity contribution in [3.05, 3.63) is 76.9 Å². The van der Waals surface area contributed by atoms with Gasteiger partial charge in [-0.25, -0.2) is 0 Å². The van der Waals surface area contributed by atoms with E-state index < -0.39 is 29.4 Å². The summed E-state index contributed by atoms with van der Waals surface area (Å²) in [4.78, 5) is 11.1. The van der Waals surface area contributed by atoms with E-state index in [2.05, 4.69) is 0 Å². The van der Waals surface area contributed by atoms with Gasteiger partial charge in [0.2, 0.25) is 0 Å². The second-order valence-electron chi connectivity index (χ2n) is 10.6. The normalized spacial score (nSPS) is 18.3. The first kappa shape index (κ1) is 26.9. The molecule has 0 bridgehead atoms. The van der Waals surface area contributed by atoms with Crippen LogP contribution in [0.5, 0.6) is 17.2 Å². The fourth-order valence-electron chi connectivity index (χ4n) is 5.21. The predicted molar refractivity (Wildman–Crippen MR) is 137 cm³/mol. The van der Waals surface area contributed by atoms with Gasteiger partial charge in [-0.05, 0) is 73.2 Å². The molecule has 3 aromatic carbocycles. The summed E-state index contributed by atoms with van der Waals surface area (Å²) in [6, 6.07) is 14.3. The highest BCUT2D eigenvalue weighted by atomic mass is 19.4. The number of hydrogen-bond donors (Lipinski definition) is 2. The van der Waals surface area contributed by atoms with Crippen molar-refractivity contribution in [1.29, 1.82) is 0 Å². The zero-order chi connectivity index (χ0) is 27.9. The fraction of sp³-hybridized carbons (Fsp3) is 0.367. The standard InChI is InChI=1S/C30H29F3O6/c1-29(2,36)16-38-19-5-3-17(4-6-19)28-23-10-12-25(22(23)9-11-24(28)30(31,32)33)39-20-7-8-21-18(13-27(34)35)15-37-26(21)14-20/h3-9,11,14,18,25,36H,10,12-13,15-16H2,1-2H3,(H,34,35)/t18-,25-/m1/s1. The number of carbonyl (C=O) groups is 1. The van der Waals surface area contributed by atoms with Gasteiger partial charge in [-0.1, -0.05) is 24.3 Å². The number of carboxylic acids is 1. The Labute approximate surface area is 224 Å². The summed E-state index contributed by atoms with van der Waals surface area (Å²) < 4.78 is 59.7. The van der Waals surface area contributed by atoms with Crippen molar-refractivity contribution in [2.75, 3.05) is 13.2 Å². The Hall–Kier alpha value is -3.72. The number of aliphatic hydroxyl groups is 1. The Bertz CT molecular complexity index is 1380. The van der Waals surface area contributed by atoms with Crippen LogP contribution in [0.2, 0.25) is 0 Å². The average molecular weight is 543 g/mol. The lowest BCUT2D eigenvalue weighted by Crippen LogP contribution is -2.27. The molecular formula is C30H29F3O6. The van der Waals surface area contributed by atoms with E-state index in [0.29, 0.717) is 46.8 Å². The first-order valence-corrected chi connectivity index (χ1v) is 12.7. The van der Waals surface area contributed by atoms with Gasteiger partial charge in [0.25, 0.3) is 0 Å². The maximum Gasteiger partial charge on any atom is 0.417 e. The summed E-state index contributed by atoms with van der Waals surface area (Å²) in [5.41, 5.74) is 0.915. The van der Waals surface area contributed by atoms with Gasteiger partial charge in [-0.3, -0.25) is 4.79 Å². The number of aliphatic carboxylic acids is 1. The summed E-state index contributed by atoms with van der Waals surface area (Å²) in [6.07, 6.45) is -4.08. The van der Waals surface area contributed by atoms with Crippen LogP contribution in [0.15, 0.2) is 54.6 Å². The molecule has 5 rings (SSSR count). The molecule has 6 nitrogen and oxygen atoms in total. The molecular weight excluding hydrogens is 513 g/mol. The number of rotatable bonds is 8. The molecule has 0 radical (unpaired) electrons. The first-order valence-electron chi connectivity index (χ1n) is 12.7. The minimum Gasteiger partial charge on any atom is -0.492 e. The third kappa shape index (κ3) is 5.83. The molecule has 0 saturated heterocycles. The summed E-state index contributed by atoms with van der Waals surface area (Å²) in [5.74, 6) is 0.403. The third-order valence-corrected chi connectivity index (χ3v) is 6.96. The molecule has 39 heavy (non-hydrogen) atoms. The minimum absolute atomic E-state index is 0.0277. The first-order chi connectivity index (χ1) is 18.4. The SMILES string of the molecule is CC(C)(O)COc1ccc(-c2c(C(F)(F)F)ccc3c2CC[C@H]3Oc2ccc3c(c2)OC[C@H]3CC(=O)O)cc1. The molecule has 1 aliphatic heterocycles. The zero-order valence-corrected chi connectivity index (χ0v) is 21.5. The van der Waals surface area contributed by atoms with Gasteiger partial charge < -0.3 is 24.4 Å². The van der Waals surface area contributed by atoms with Crippen LogP contribution >= 0.6 is 0 Å². The van der Waals surface area contributed by atoms with Crippen molar-refractivity contribution in [3.63, 3.8) is 0 Å². The van der Waals surface area contributed by atoms with E-state index >= 15 is 0 Å². The Morgan fingerprint density at radius 1 is 1.03 bits per heavy atom. The molecule has 2 aliphatic rings. The predicted octanol–water partition coefficient (Wildman–Crippen LogP) is 6.54. The summed E-state index contributed by atoms with van der Waals surface area (Å²) in [5, 5.41) is 19.0. The van der Waals surface area contributed by atoms with E-state index in [1.807, 2.05) is 0 Å². The zero-order valence-electron chi connectivity index (χ0n) is 21.5. The van der Waals surface area contributed by atoms with Gasteiger partial charge >= 0.3 is 12.1 Å². The molecule has 1 aliphatic carbocycles. The Morgan fingerprint density at radius 3 is 2.38 bits per heavy atom. The molecule has 0 fully saturated rings. The summed E-state index contributed by atoms with van der Waals surface area (Å²) in [7, 11) is 0. The smallest absolute Gasteiger partial charge is 0.417 e. The monoisotopic (exact) mass is 542 g/mol. The second-order valence-corrected chi connectivity index (χ2v) is 10.6. The molecule has 9 heteroatoms. The van der Waals surface area contributed by atoms with Crippen LogP contribution in [0.25, 0.3) is 11.1 Å². The molecule has 206 valence electrons. The van der Waals surface area contributed by atoms with E-state index in [4.69, 9.17) is 19.3 Å². The van der Waals surface area contributed by atoms with Crippen LogP contribution in [0.3, 0.4) is 0 Å². The lowest BCUT2D eigenvalue weighted by Gasteiger charge is -2.20. The number of hydrogen-bond acceptors (Lipinski definition) is 5. The van der Waals surface area contributed by atoms with E-state index in [-0.39, 0.29) is 31.1 Å². The van der Waals surface area contributed by atoms with Gasteiger partial charge in [-0.15, -0.1) is 0 Å². The maximum atomic E-state index is 14.1. The van der Waals surface area contributed by atoms with Crippen LogP contribution in [0.1, 0.15) is 61.0 Å². The summed E-state index contributed by atoms with van der Waals surface area (Å²) >= 11 is 0. The van der Waals surface area contributed by atoms with Crippen LogP contribution in [0.4, 0.5) is 13.2 Å². The Kier molecular flexibility index (Phi) is 6.97. The molecule has 0 unspecified atom stereocenters. The van der Waals surface area contributed by atoms with Crippen molar-refractivity contribution in [3.8, 4) is 28.4 Å². The molecule has 0 spiro atoms. The third-order valence-electron chi connectivity index (χ3n) is 6.96. The van der Waals surface area contributed by atoms with Gasteiger partial charge in [-0.2, -0.15) is 13.2 Å². The van der Waals surface area contributed by atoms with Crippen LogP contribution < -0.4 is 14.2 Å². The van der Waals surface area contributed by atoms with Crippen molar-refractivity contribution in [2.24, 2.45) is 0 Å². The van der Waals surface area contributed by atoms with Gasteiger partial charge in [0.1, 0.15) is 30.0 Å². The van der Waals surface area contributed by atoms with E-state index in [1.165, 1.54) is 6.07 Å². The van der Waals surface area contributed by atoms with E-state index in [9.17, 15) is 23.1 Å². The number of benzene rings is 3. The lowest BCUT2D eigenvalue weighted by molar-refractivity contribution is -0.138. The quantitative estimate of drug-likeness (QED) is 0.336. The van der Waals surface area contributed by atoms with E-state index in [1.54, 1.807) is 56.3 Å². The number of fused-ring (bicyclic) bond motifs is 2. The minimum atomic E-state index is -4.54. The largest absolute Gasteiger partial charge is 0.492 e. The van der Waals surface area contributed by atoms with Gasteiger partial charge in [0.15, 0.2) is 0 Å². The number of halogens is 3. The molecule has 0 aromatic heterocycles. The molecule has 0 amide bonds. The Morgan fingerprint density at radius 2 is 1.72 bits per heavy atom. The second kappa shape index (κ2) is 10.1. The molecule has 0 saturated carbocycles. The molecule has 3 aromatic rings. The highest BCUT2D eigenvalue weighted by Gasteiger charge is 2.38. The van der Waals surface area contributed by atoms with Crippen molar-refractivity contribution in [1.82, 2.24) is 0 Å². The van der Waals surface area contributed by atoms with Crippen LogP contribution in [-0.4, -0.2) is 35.0 Å². The maximum absolute atomic E-state index is 14.1. The summed E-state index contributed by atoms with van der Waals surface area (Å²) in [6.45, 7) is 3.54. The van der Waals surface area contributed by atoms with Crippen molar-refractivity contribution in [2.45, 2.75) is 56.9 Å². The van der Waals surface area contributed by atoms with E-state index in [0.717, 1.165) is 11.6 Å². The highest BCUT2D eigenvalue weighted by Crippen LogP contribution is 2.47.